The minimum Gasteiger partial charge on any atom is -0.299 e. The first-order valence-electron chi connectivity index (χ1n) is 6.36. The number of rotatable bonds is 1. The fraction of sp³-hybridized carbons (Fsp3) is 0.462. The summed E-state index contributed by atoms with van der Waals surface area (Å²) in [5.41, 5.74) is -0.363. The van der Waals surface area contributed by atoms with Gasteiger partial charge in [0, 0.05) is 23.2 Å². The van der Waals surface area contributed by atoms with Crippen LogP contribution in [0.5, 0.6) is 0 Å². The highest BCUT2D eigenvalue weighted by atomic mass is 19.4. The van der Waals surface area contributed by atoms with Crippen LogP contribution < -0.4 is 0 Å². The number of nitrogens with zero attached hydrogens (tertiary/aromatic N) is 4. The summed E-state index contributed by atoms with van der Waals surface area (Å²) in [5.74, 6) is 0. The van der Waals surface area contributed by atoms with Gasteiger partial charge in [-0.15, -0.1) is 5.10 Å². The number of pyridine rings is 1. The number of alkyl halides is 3. The number of likely N-dealkylation sites (tertiary alicyclic amines) is 1. The third-order valence-electron chi connectivity index (χ3n) is 3.75. The highest BCUT2D eigenvalue weighted by molar-refractivity contribution is 5.80. The summed E-state index contributed by atoms with van der Waals surface area (Å²) >= 11 is 0. The lowest BCUT2D eigenvalue weighted by Gasteiger charge is -2.24. The van der Waals surface area contributed by atoms with Crippen molar-refractivity contribution in [2.75, 3.05) is 13.6 Å². The van der Waals surface area contributed by atoms with E-state index in [2.05, 4.69) is 15.2 Å². The second-order valence-electron chi connectivity index (χ2n) is 4.99. The summed E-state index contributed by atoms with van der Waals surface area (Å²) in [6.45, 7) is 0.800. The number of hydrogen-bond donors (Lipinski definition) is 0. The quantitative estimate of drug-likeness (QED) is 0.806. The van der Waals surface area contributed by atoms with Gasteiger partial charge in [-0.1, -0.05) is 0 Å². The Labute approximate surface area is 113 Å². The van der Waals surface area contributed by atoms with Crippen LogP contribution in [0.15, 0.2) is 18.5 Å². The molecule has 1 aliphatic rings. The first-order chi connectivity index (χ1) is 9.48. The van der Waals surface area contributed by atoms with Crippen LogP contribution >= 0.6 is 0 Å². The number of hydrogen-bond acceptors (Lipinski definition) is 4. The van der Waals surface area contributed by atoms with Crippen molar-refractivity contribution in [2.45, 2.75) is 25.1 Å². The van der Waals surface area contributed by atoms with Gasteiger partial charge in [-0.3, -0.25) is 4.90 Å². The standard InChI is InChI=1S/C13H13F3N4/c1-20-6-2-3-10(20)9-7-17-12-8(4-5-18-19-12)11(9)13(14,15)16/h4-5,7,10H,2-3,6H2,1H3/t10-/m0/s1. The molecule has 3 heterocycles. The van der Waals surface area contributed by atoms with Crippen LogP contribution in [-0.4, -0.2) is 33.7 Å². The molecule has 2 aromatic rings. The van der Waals surface area contributed by atoms with Crippen LogP contribution in [0, 0.1) is 0 Å². The molecule has 7 heteroatoms. The van der Waals surface area contributed by atoms with Gasteiger partial charge in [-0.25, -0.2) is 4.98 Å². The van der Waals surface area contributed by atoms with Crippen molar-refractivity contribution in [1.29, 1.82) is 0 Å². The van der Waals surface area contributed by atoms with Gasteiger partial charge in [-0.05, 0) is 32.5 Å². The molecule has 0 unspecified atom stereocenters. The van der Waals surface area contributed by atoms with E-state index < -0.39 is 11.7 Å². The Hall–Kier alpha value is -1.76. The molecule has 0 aromatic carbocycles. The van der Waals surface area contributed by atoms with Crippen molar-refractivity contribution < 1.29 is 13.2 Å². The molecule has 0 N–H and O–H groups in total. The maximum absolute atomic E-state index is 13.5. The number of fused-ring (bicyclic) bond motifs is 1. The van der Waals surface area contributed by atoms with Gasteiger partial charge in [0.05, 0.1) is 11.8 Å². The number of aromatic nitrogens is 3. The Kier molecular flexibility index (Phi) is 3.08. The van der Waals surface area contributed by atoms with Crippen LogP contribution in [0.25, 0.3) is 11.0 Å². The monoisotopic (exact) mass is 282 g/mol. The minimum absolute atomic E-state index is 0.0188. The lowest BCUT2D eigenvalue weighted by atomic mass is 9.98. The summed E-state index contributed by atoms with van der Waals surface area (Å²) in [5, 5.41) is 7.27. The predicted octanol–water partition coefficient (Wildman–Crippen LogP) is 2.81. The van der Waals surface area contributed by atoms with Crippen molar-refractivity contribution in [1.82, 2.24) is 20.1 Å². The third kappa shape index (κ3) is 2.11. The van der Waals surface area contributed by atoms with Crippen molar-refractivity contribution in [2.24, 2.45) is 0 Å². The van der Waals surface area contributed by atoms with Gasteiger partial charge in [0.1, 0.15) is 0 Å². The van der Waals surface area contributed by atoms with Crippen molar-refractivity contribution in [3.63, 3.8) is 0 Å². The van der Waals surface area contributed by atoms with E-state index in [9.17, 15) is 13.2 Å². The van der Waals surface area contributed by atoms with Crippen LogP contribution in [0.2, 0.25) is 0 Å². The summed E-state index contributed by atoms with van der Waals surface area (Å²) in [4.78, 5) is 5.97. The molecule has 0 aliphatic carbocycles. The highest BCUT2D eigenvalue weighted by Crippen LogP contribution is 2.42. The maximum Gasteiger partial charge on any atom is 0.417 e. The molecule has 1 aliphatic heterocycles. The molecule has 106 valence electrons. The van der Waals surface area contributed by atoms with E-state index in [1.807, 2.05) is 11.9 Å². The molecule has 3 rings (SSSR count). The zero-order chi connectivity index (χ0) is 14.3. The van der Waals surface area contributed by atoms with E-state index >= 15 is 0 Å². The minimum atomic E-state index is -4.43. The Morgan fingerprint density at radius 2 is 2.15 bits per heavy atom. The Morgan fingerprint density at radius 1 is 1.35 bits per heavy atom. The fourth-order valence-corrected chi connectivity index (χ4v) is 2.84. The third-order valence-corrected chi connectivity index (χ3v) is 3.75. The topological polar surface area (TPSA) is 41.9 Å². The fourth-order valence-electron chi connectivity index (χ4n) is 2.84. The van der Waals surface area contributed by atoms with Gasteiger partial charge in [0.15, 0.2) is 5.65 Å². The van der Waals surface area contributed by atoms with Crippen LogP contribution in [-0.2, 0) is 6.18 Å². The summed E-state index contributed by atoms with van der Waals surface area (Å²) < 4.78 is 40.4. The lowest BCUT2D eigenvalue weighted by molar-refractivity contribution is -0.137. The van der Waals surface area contributed by atoms with E-state index in [0.29, 0.717) is 6.42 Å². The van der Waals surface area contributed by atoms with Gasteiger partial charge in [0.25, 0.3) is 0 Å². The first-order valence-corrected chi connectivity index (χ1v) is 6.36. The molecule has 1 atom stereocenters. The Balaban J connectivity index is 2.26. The summed E-state index contributed by atoms with van der Waals surface area (Å²) in [7, 11) is 1.84. The predicted molar refractivity (Wildman–Crippen MR) is 66.9 cm³/mol. The molecule has 1 saturated heterocycles. The molecule has 0 radical (unpaired) electrons. The molecule has 0 bridgehead atoms. The van der Waals surface area contributed by atoms with Crippen molar-refractivity contribution in [3.8, 4) is 0 Å². The largest absolute Gasteiger partial charge is 0.417 e. The summed E-state index contributed by atoms with van der Waals surface area (Å²) in [6.07, 6.45) is -0.257. The number of halogens is 3. The molecule has 0 amide bonds. The molecule has 2 aromatic heterocycles. The van der Waals surface area contributed by atoms with Gasteiger partial charge in [-0.2, -0.15) is 18.3 Å². The Bertz CT molecular complexity index is 641. The highest BCUT2D eigenvalue weighted by Gasteiger charge is 2.39. The van der Waals surface area contributed by atoms with Crippen molar-refractivity contribution >= 4 is 11.0 Å². The summed E-state index contributed by atoms with van der Waals surface area (Å²) in [6, 6.07) is 1.09. The van der Waals surface area contributed by atoms with Gasteiger partial charge in [0.2, 0.25) is 0 Å². The van der Waals surface area contributed by atoms with Gasteiger partial charge >= 0.3 is 6.18 Å². The van der Waals surface area contributed by atoms with Crippen LogP contribution in [0.4, 0.5) is 13.2 Å². The van der Waals surface area contributed by atoms with E-state index in [1.165, 1.54) is 18.5 Å². The van der Waals surface area contributed by atoms with E-state index in [-0.39, 0.29) is 22.6 Å². The Morgan fingerprint density at radius 3 is 2.80 bits per heavy atom. The lowest BCUT2D eigenvalue weighted by Crippen LogP contribution is -2.22. The van der Waals surface area contributed by atoms with Crippen LogP contribution in [0.1, 0.15) is 30.0 Å². The van der Waals surface area contributed by atoms with Gasteiger partial charge < -0.3 is 0 Å². The average molecular weight is 282 g/mol. The zero-order valence-corrected chi connectivity index (χ0v) is 10.9. The zero-order valence-electron chi connectivity index (χ0n) is 10.9. The van der Waals surface area contributed by atoms with E-state index in [1.54, 1.807) is 0 Å². The maximum atomic E-state index is 13.5. The van der Waals surface area contributed by atoms with Crippen LogP contribution in [0.3, 0.4) is 0 Å². The van der Waals surface area contributed by atoms with Crippen molar-refractivity contribution in [3.05, 3.63) is 29.6 Å². The molecule has 0 saturated carbocycles. The smallest absolute Gasteiger partial charge is 0.299 e. The normalized spacial score (nSPS) is 20.7. The average Bonchev–Trinajstić information content (AvgIpc) is 2.82. The second-order valence-corrected chi connectivity index (χ2v) is 4.99. The SMILES string of the molecule is CN1CCC[C@H]1c1cnc2nnccc2c1C(F)(F)F. The molecule has 4 nitrogen and oxygen atoms in total. The first kappa shape index (κ1) is 13.2. The molecule has 20 heavy (non-hydrogen) atoms. The second kappa shape index (κ2) is 4.66. The molecule has 0 spiro atoms. The van der Waals surface area contributed by atoms with E-state index in [0.717, 1.165) is 13.0 Å². The van der Waals surface area contributed by atoms with E-state index in [4.69, 9.17) is 0 Å². The molecular weight excluding hydrogens is 269 g/mol. The molecular formula is C13H13F3N4. The molecule has 1 fully saturated rings.